The fourth-order valence-electron chi connectivity index (χ4n) is 3.33. The number of thiocarbonyl (C=S) groups is 1. The Kier molecular flexibility index (Phi) is 9.53. The van der Waals surface area contributed by atoms with Crippen molar-refractivity contribution in [2.75, 3.05) is 20.3 Å². The zero-order valence-electron chi connectivity index (χ0n) is 19.7. The van der Waals surface area contributed by atoms with Gasteiger partial charge in [0.15, 0.2) is 11.5 Å². The molecule has 1 heterocycles. The smallest absolute Gasteiger partial charge is 0.305 e. The molecule has 1 fully saturated rings. The molecule has 1 amide bonds. The van der Waals surface area contributed by atoms with E-state index in [-0.39, 0.29) is 18.3 Å². The van der Waals surface area contributed by atoms with Gasteiger partial charge in [-0.2, -0.15) is 0 Å². The monoisotopic (exact) mass is 499 g/mol. The summed E-state index contributed by atoms with van der Waals surface area (Å²) in [5.74, 6) is 0.809. The third kappa shape index (κ3) is 6.84. The summed E-state index contributed by atoms with van der Waals surface area (Å²) in [5.41, 5.74) is 3.08. The number of hydrogen-bond donors (Lipinski definition) is 0. The Morgan fingerprint density at radius 1 is 1.18 bits per heavy atom. The number of esters is 1. The molecule has 2 aromatic carbocycles. The Hall–Kier alpha value is -2.84. The van der Waals surface area contributed by atoms with Crippen LogP contribution in [0.1, 0.15) is 42.9 Å². The lowest BCUT2D eigenvalue weighted by Gasteiger charge is -2.14. The molecule has 34 heavy (non-hydrogen) atoms. The van der Waals surface area contributed by atoms with Crippen LogP contribution >= 0.6 is 24.0 Å². The molecule has 1 aliphatic heterocycles. The molecule has 0 unspecified atom stereocenters. The number of carbonyl (C=O) groups excluding carboxylic acids is 2. The Morgan fingerprint density at radius 3 is 2.71 bits per heavy atom. The summed E-state index contributed by atoms with van der Waals surface area (Å²) in [6.45, 7) is 5.24. The predicted molar refractivity (Wildman–Crippen MR) is 139 cm³/mol. The highest BCUT2D eigenvalue weighted by molar-refractivity contribution is 8.26. The first kappa shape index (κ1) is 25.8. The first-order valence-corrected chi connectivity index (χ1v) is 12.4. The molecule has 0 atom stereocenters. The van der Waals surface area contributed by atoms with E-state index >= 15 is 0 Å². The fraction of sp³-hybridized carbons (Fsp3) is 0.346. The van der Waals surface area contributed by atoms with E-state index in [0.717, 1.165) is 23.1 Å². The largest absolute Gasteiger partial charge is 0.493 e. The fourth-order valence-corrected chi connectivity index (χ4v) is 4.64. The maximum atomic E-state index is 12.9. The number of benzene rings is 2. The van der Waals surface area contributed by atoms with Crippen LogP contribution in [-0.2, 0) is 20.9 Å². The van der Waals surface area contributed by atoms with Gasteiger partial charge in [-0.25, -0.2) is 0 Å². The second-order valence-electron chi connectivity index (χ2n) is 7.78. The minimum absolute atomic E-state index is 0.157. The number of ether oxygens (including phenoxy) is 3. The summed E-state index contributed by atoms with van der Waals surface area (Å²) in [7, 11) is 1.59. The minimum Gasteiger partial charge on any atom is -0.493 e. The third-order valence-corrected chi connectivity index (χ3v) is 6.61. The van der Waals surface area contributed by atoms with Gasteiger partial charge in [0.2, 0.25) is 0 Å². The molecule has 8 heteroatoms. The number of hydrogen-bond acceptors (Lipinski definition) is 7. The van der Waals surface area contributed by atoms with Crippen LogP contribution in [0.15, 0.2) is 47.4 Å². The second kappa shape index (κ2) is 12.6. The number of carbonyl (C=O) groups is 2. The summed E-state index contributed by atoms with van der Waals surface area (Å²) in [6.07, 6.45) is 3.35. The van der Waals surface area contributed by atoms with E-state index in [9.17, 15) is 9.59 Å². The maximum absolute atomic E-state index is 12.9. The average Bonchev–Trinajstić information content (AvgIpc) is 3.09. The van der Waals surface area contributed by atoms with Crippen molar-refractivity contribution in [2.24, 2.45) is 0 Å². The zero-order valence-corrected chi connectivity index (χ0v) is 21.3. The molecule has 2 aromatic rings. The first-order valence-electron chi connectivity index (χ1n) is 11.2. The van der Waals surface area contributed by atoms with Gasteiger partial charge in [-0.1, -0.05) is 61.2 Å². The molecule has 0 radical (unpaired) electrons. The van der Waals surface area contributed by atoms with Crippen LogP contribution < -0.4 is 9.47 Å². The van der Waals surface area contributed by atoms with Crippen molar-refractivity contribution in [1.29, 1.82) is 0 Å². The molecule has 0 spiro atoms. The summed E-state index contributed by atoms with van der Waals surface area (Å²) < 4.78 is 17.1. The van der Waals surface area contributed by atoms with Crippen LogP contribution in [0, 0.1) is 6.92 Å². The highest BCUT2D eigenvalue weighted by atomic mass is 32.2. The van der Waals surface area contributed by atoms with Crippen molar-refractivity contribution in [3.8, 4) is 11.5 Å². The van der Waals surface area contributed by atoms with Crippen molar-refractivity contribution in [1.82, 2.24) is 4.90 Å². The van der Waals surface area contributed by atoms with Crippen molar-refractivity contribution < 1.29 is 23.8 Å². The summed E-state index contributed by atoms with van der Waals surface area (Å²) in [6, 6.07) is 13.6. The second-order valence-corrected chi connectivity index (χ2v) is 9.46. The normalized spacial score (nSPS) is 14.6. The van der Waals surface area contributed by atoms with Gasteiger partial charge in [-0.3, -0.25) is 14.5 Å². The minimum atomic E-state index is -0.250. The first-order chi connectivity index (χ1) is 16.4. The van der Waals surface area contributed by atoms with E-state index in [1.54, 1.807) is 13.2 Å². The molecule has 0 N–H and O–H groups in total. The number of thioether (sulfide) groups is 1. The van der Waals surface area contributed by atoms with Gasteiger partial charge in [0.05, 0.1) is 18.6 Å². The molecule has 0 bridgehead atoms. The zero-order chi connectivity index (χ0) is 24.5. The maximum Gasteiger partial charge on any atom is 0.305 e. The molecule has 0 saturated carbocycles. The summed E-state index contributed by atoms with van der Waals surface area (Å²) in [4.78, 5) is 26.6. The van der Waals surface area contributed by atoms with E-state index in [1.807, 2.05) is 56.3 Å². The van der Waals surface area contributed by atoms with Gasteiger partial charge in [0.1, 0.15) is 10.9 Å². The highest BCUT2D eigenvalue weighted by Gasteiger charge is 2.31. The average molecular weight is 500 g/mol. The molecule has 1 saturated heterocycles. The van der Waals surface area contributed by atoms with E-state index in [1.165, 1.54) is 16.7 Å². The van der Waals surface area contributed by atoms with Gasteiger partial charge in [0, 0.05) is 13.0 Å². The number of amides is 1. The Morgan fingerprint density at radius 2 is 1.97 bits per heavy atom. The highest BCUT2D eigenvalue weighted by Crippen LogP contribution is 2.35. The number of aryl methyl sites for hydroxylation is 1. The molecule has 1 aliphatic rings. The van der Waals surface area contributed by atoms with E-state index in [0.29, 0.717) is 46.9 Å². The van der Waals surface area contributed by atoms with Gasteiger partial charge in [0.25, 0.3) is 5.91 Å². The van der Waals surface area contributed by atoms with E-state index in [2.05, 4.69) is 0 Å². The molecule has 0 aromatic heterocycles. The van der Waals surface area contributed by atoms with Crippen LogP contribution in [0.5, 0.6) is 11.5 Å². The molecule has 6 nitrogen and oxygen atoms in total. The number of methoxy groups -OCH3 is 1. The van der Waals surface area contributed by atoms with Crippen molar-refractivity contribution >= 4 is 46.3 Å². The predicted octanol–water partition coefficient (Wildman–Crippen LogP) is 5.52. The van der Waals surface area contributed by atoms with Crippen molar-refractivity contribution in [3.63, 3.8) is 0 Å². The SMILES string of the molecule is CCCOC(=O)CCCN1C(=O)/C(=C/c2ccc(OCc3ccccc3C)c(OC)c2)SC1=S. The summed E-state index contributed by atoms with van der Waals surface area (Å²) in [5, 5.41) is 0. The third-order valence-electron chi connectivity index (χ3n) is 5.23. The number of nitrogens with zero attached hydrogens (tertiary/aromatic N) is 1. The van der Waals surface area contributed by atoms with Gasteiger partial charge in [-0.05, 0) is 54.7 Å². The van der Waals surface area contributed by atoms with Crippen LogP contribution in [0.4, 0.5) is 0 Å². The summed E-state index contributed by atoms with van der Waals surface area (Å²) >= 11 is 6.64. The van der Waals surface area contributed by atoms with Crippen molar-refractivity contribution in [3.05, 3.63) is 64.1 Å². The Balaban J connectivity index is 1.63. The Labute approximate surface area is 210 Å². The van der Waals surface area contributed by atoms with Crippen LogP contribution in [0.25, 0.3) is 6.08 Å². The van der Waals surface area contributed by atoms with Crippen molar-refractivity contribution in [2.45, 2.75) is 39.7 Å². The van der Waals surface area contributed by atoms with Gasteiger partial charge >= 0.3 is 5.97 Å². The molecule has 0 aliphatic carbocycles. The van der Waals surface area contributed by atoms with Gasteiger partial charge < -0.3 is 14.2 Å². The molecule has 3 rings (SSSR count). The molecular weight excluding hydrogens is 470 g/mol. The van der Waals surface area contributed by atoms with Crippen LogP contribution in [0.2, 0.25) is 0 Å². The van der Waals surface area contributed by atoms with E-state index < -0.39 is 0 Å². The van der Waals surface area contributed by atoms with E-state index in [4.69, 9.17) is 26.4 Å². The lowest BCUT2D eigenvalue weighted by atomic mass is 10.1. The van der Waals surface area contributed by atoms with Crippen LogP contribution in [0.3, 0.4) is 0 Å². The lowest BCUT2D eigenvalue weighted by molar-refractivity contribution is -0.144. The Bertz CT molecular complexity index is 1080. The number of rotatable bonds is 11. The topological polar surface area (TPSA) is 65.1 Å². The molecular formula is C26H29NO5S2. The van der Waals surface area contributed by atoms with Gasteiger partial charge in [-0.15, -0.1) is 0 Å². The quantitative estimate of drug-likeness (QED) is 0.229. The van der Waals surface area contributed by atoms with Crippen LogP contribution in [-0.4, -0.2) is 41.4 Å². The molecule has 180 valence electrons. The lowest BCUT2D eigenvalue weighted by Crippen LogP contribution is -2.29. The standard InChI is InChI=1S/C26H29NO5S2/c1-4-14-31-24(28)10-7-13-27-25(29)23(34-26(27)33)16-19-11-12-21(22(15-19)30-3)32-17-20-9-6-5-8-18(20)2/h5-6,8-9,11-12,15-16H,4,7,10,13-14,17H2,1-3H3/b23-16-.